The third kappa shape index (κ3) is 3.49. The quantitative estimate of drug-likeness (QED) is 0.724. The van der Waals surface area contributed by atoms with Gasteiger partial charge in [0, 0.05) is 18.4 Å². The maximum absolute atomic E-state index is 6.05. The Morgan fingerprint density at radius 1 is 1.28 bits per heavy atom. The van der Waals surface area contributed by atoms with Gasteiger partial charge in [0.05, 0.1) is 6.10 Å². The van der Waals surface area contributed by atoms with E-state index in [1.54, 1.807) is 0 Å². The van der Waals surface area contributed by atoms with Gasteiger partial charge in [0.15, 0.2) is 0 Å². The molecule has 100 valence electrons. The first-order valence-electron chi connectivity index (χ1n) is 6.97. The fourth-order valence-electron chi connectivity index (χ4n) is 2.68. The molecule has 0 N–H and O–H groups in total. The number of ether oxygens (including phenoxy) is 1. The standard InChI is InChI=1S/C16H23ClO/c1-12(2)10-13-5-7-14(8-6-13)16-15(11-17)4-3-9-18-16/h5-8,12,15-16H,3-4,9-11H2,1-2H3. The number of halogens is 1. The summed E-state index contributed by atoms with van der Waals surface area (Å²) >= 11 is 6.05. The van der Waals surface area contributed by atoms with Gasteiger partial charge in [-0.15, -0.1) is 11.6 Å². The summed E-state index contributed by atoms with van der Waals surface area (Å²) in [6, 6.07) is 8.90. The van der Waals surface area contributed by atoms with Crippen LogP contribution in [0.15, 0.2) is 24.3 Å². The molecular weight excluding hydrogens is 244 g/mol. The van der Waals surface area contributed by atoms with E-state index in [1.807, 2.05) is 0 Å². The van der Waals surface area contributed by atoms with Crippen molar-refractivity contribution in [1.82, 2.24) is 0 Å². The predicted molar refractivity (Wildman–Crippen MR) is 77.1 cm³/mol. The van der Waals surface area contributed by atoms with Crippen LogP contribution in [0.3, 0.4) is 0 Å². The molecule has 0 radical (unpaired) electrons. The summed E-state index contributed by atoms with van der Waals surface area (Å²) in [5, 5.41) is 0. The van der Waals surface area contributed by atoms with Crippen molar-refractivity contribution in [2.75, 3.05) is 12.5 Å². The molecule has 2 atom stereocenters. The highest BCUT2D eigenvalue weighted by atomic mass is 35.5. The van der Waals surface area contributed by atoms with Crippen molar-refractivity contribution in [3.05, 3.63) is 35.4 Å². The van der Waals surface area contributed by atoms with Gasteiger partial charge in [0.25, 0.3) is 0 Å². The monoisotopic (exact) mass is 266 g/mol. The Morgan fingerprint density at radius 3 is 2.61 bits per heavy atom. The van der Waals surface area contributed by atoms with Gasteiger partial charge in [0.1, 0.15) is 0 Å². The number of rotatable bonds is 4. The first-order chi connectivity index (χ1) is 8.70. The third-order valence-electron chi connectivity index (χ3n) is 3.60. The van der Waals surface area contributed by atoms with Crippen LogP contribution in [0.4, 0.5) is 0 Å². The Kier molecular flexibility index (Phi) is 5.08. The minimum Gasteiger partial charge on any atom is -0.373 e. The second-order valence-electron chi connectivity index (χ2n) is 5.69. The molecule has 1 nitrogen and oxygen atoms in total. The number of alkyl halides is 1. The first kappa shape index (κ1) is 13.9. The summed E-state index contributed by atoms with van der Waals surface area (Å²) in [6.45, 7) is 5.37. The van der Waals surface area contributed by atoms with Crippen LogP contribution >= 0.6 is 11.6 Å². The van der Waals surface area contributed by atoms with Crippen LogP contribution in [0.25, 0.3) is 0 Å². The molecule has 0 spiro atoms. The highest BCUT2D eigenvalue weighted by Gasteiger charge is 2.26. The zero-order valence-electron chi connectivity index (χ0n) is 11.4. The molecule has 0 aromatic heterocycles. The fourth-order valence-corrected chi connectivity index (χ4v) is 3.00. The molecule has 0 aliphatic carbocycles. The van der Waals surface area contributed by atoms with Gasteiger partial charge in [-0.05, 0) is 36.3 Å². The van der Waals surface area contributed by atoms with E-state index in [2.05, 4.69) is 38.1 Å². The van der Waals surface area contributed by atoms with Gasteiger partial charge in [-0.2, -0.15) is 0 Å². The molecule has 1 saturated heterocycles. The van der Waals surface area contributed by atoms with Crippen LogP contribution in [-0.2, 0) is 11.2 Å². The smallest absolute Gasteiger partial charge is 0.0864 e. The van der Waals surface area contributed by atoms with E-state index in [-0.39, 0.29) is 6.10 Å². The minimum atomic E-state index is 0.198. The van der Waals surface area contributed by atoms with Crippen molar-refractivity contribution in [3.63, 3.8) is 0 Å². The van der Waals surface area contributed by atoms with Crippen LogP contribution in [0.2, 0.25) is 0 Å². The van der Waals surface area contributed by atoms with Crippen molar-refractivity contribution in [1.29, 1.82) is 0 Å². The van der Waals surface area contributed by atoms with E-state index in [0.29, 0.717) is 17.7 Å². The molecule has 1 fully saturated rings. The van der Waals surface area contributed by atoms with Crippen LogP contribution in [0.5, 0.6) is 0 Å². The normalized spacial score (nSPS) is 24.4. The topological polar surface area (TPSA) is 9.23 Å². The summed E-state index contributed by atoms with van der Waals surface area (Å²) in [5.41, 5.74) is 2.69. The largest absolute Gasteiger partial charge is 0.373 e. The Hall–Kier alpha value is -0.530. The number of hydrogen-bond donors (Lipinski definition) is 0. The fraction of sp³-hybridized carbons (Fsp3) is 0.625. The lowest BCUT2D eigenvalue weighted by Crippen LogP contribution is -2.23. The predicted octanol–water partition coefficient (Wildman–Crippen LogP) is 4.59. The number of hydrogen-bond acceptors (Lipinski definition) is 1. The average molecular weight is 267 g/mol. The Labute approximate surface area is 115 Å². The maximum atomic E-state index is 6.05. The lowest BCUT2D eigenvalue weighted by molar-refractivity contribution is -0.0208. The molecule has 1 heterocycles. The average Bonchev–Trinajstić information content (AvgIpc) is 2.39. The summed E-state index contributed by atoms with van der Waals surface area (Å²) < 4.78 is 5.90. The second kappa shape index (κ2) is 6.58. The van der Waals surface area contributed by atoms with Gasteiger partial charge >= 0.3 is 0 Å². The van der Waals surface area contributed by atoms with E-state index < -0.39 is 0 Å². The van der Waals surface area contributed by atoms with Crippen LogP contribution < -0.4 is 0 Å². The summed E-state index contributed by atoms with van der Waals surface area (Å²) in [7, 11) is 0. The molecule has 2 unspecified atom stereocenters. The molecule has 18 heavy (non-hydrogen) atoms. The van der Waals surface area contributed by atoms with Crippen molar-refractivity contribution >= 4 is 11.6 Å². The SMILES string of the molecule is CC(C)Cc1ccc(C2OCCCC2CCl)cc1. The summed E-state index contributed by atoms with van der Waals surface area (Å²) in [4.78, 5) is 0. The second-order valence-corrected chi connectivity index (χ2v) is 6.00. The molecule has 0 saturated carbocycles. The number of benzene rings is 1. The zero-order chi connectivity index (χ0) is 13.0. The highest BCUT2D eigenvalue weighted by Crippen LogP contribution is 2.34. The van der Waals surface area contributed by atoms with E-state index in [1.165, 1.54) is 17.5 Å². The third-order valence-corrected chi connectivity index (χ3v) is 3.99. The minimum absolute atomic E-state index is 0.198. The van der Waals surface area contributed by atoms with Gasteiger partial charge in [-0.25, -0.2) is 0 Å². The van der Waals surface area contributed by atoms with Crippen molar-refractivity contribution in [2.24, 2.45) is 11.8 Å². The molecule has 0 bridgehead atoms. The Balaban J connectivity index is 2.07. The first-order valence-corrected chi connectivity index (χ1v) is 7.50. The Morgan fingerprint density at radius 2 is 2.00 bits per heavy atom. The summed E-state index contributed by atoms with van der Waals surface area (Å²) in [6.07, 6.45) is 3.66. The molecule has 1 aromatic carbocycles. The van der Waals surface area contributed by atoms with Gasteiger partial charge < -0.3 is 4.74 Å². The van der Waals surface area contributed by atoms with Gasteiger partial charge in [-0.3, -0.25) is 0 Å². The maximum Gasteiger partial charge on any atom is 0.0864 e. The highest BCUT2D eigenvalue weighted by molar-refractivity contribution is 6.18. The van der Waals surface area contributed by atoms with Crippen molar-refractivity contribution < 1.29 is 4.74 Å². The molecule has 2 rings (SSSR count). The van der Waals surface area contributed by atoms with E-state index in [0.717, 1.165) is 19.4 Å². The molecule has 0 amide bonds. The van der Waals surface area contributed by atoms with Gasteiger partial charge in [0.2, 0.25) is 0 Å². The molecule has 1 aliphatic heterocycles. The Bertz CT molecular complexity index is 358. The van der Waals surface area contributed by atoms with Crippen LogP contribution in [0, 0.1) is 11.8 Å². The summed E-state index contributed by atoms with van der Waals surface area (Å²) in [5.74, 6) is 1.87. The lowest BCUT2D eigenvalue weighted by atomic mass is 9.90. The zero-order valence-corrected chi connectivity index (χ0v) is 12.1. The molecule has 1 aromatic rings. The molecule has 1 aliphatic rings. The van der Waals surface area contributed by atoms with Gasteiger partial charge in [-0.1, -0.05) is 38.1 Å². The lowest BCUT2D eigenvalue weighted by Gasteiger charge is -2.30. The van der Waals surface area contributed by atoms with E-state index in [4.69, 9.17) is 16.3 Å². The van der Waals surface area contributed by atoms with E-state index >= 15 is 0 Å². The molecular formula is C16H23ClO. The van der Waals surface area contributed by atoms with Crippen LogP contribution in [-0.4, -0.2) is 12.5 Å². The van der Waals surface area contributed by atoms with Crippen molar-refractivity contribution in [3.8, 4) is 0 Å². The molecule has 2 heteroatoms. The van der Waals surface area contributed by atoms with Crippen LogP contribution in [0.1, 0.15) is 43.9 Å². The van der Waals surface area contributed by atoms with E-state index in [9.17, 15) is 0 Å². The van der Waals surface area contributed by atoms with Crippen molar-refractivity contribution in [2.45, 2.75) is 39.2 Å².